The number of carbonyl (C=O) groups excluding carboxylic acids is 3. The highest BCUT2D eigenvalue weighted by molar-refractivity contribution is 6.48. The second-order valence-corrected chi connectivity index (χ2v) is 9.11. The molecule has 0 unspecified atom stereocenters. The van der Waals surface area contributed by atoms with Gasteiger partial charge in [-0.3, -0.25) is 9.59 Å². The summed E-state index contributed by atoms with van der Waals surface area (Å²) >= 11 is 0. The molecule has 8 heteroatoms. The van der Waals surface area contributed by atoms with Crippen LogP contribution in [-0.4, -0.2) is 38.0 Å². The molecule has 0 fully saturated rings. The molecule has 8 nitrogen and oxygen atoms in total. The first-order chi connectivity index (χ1) is 16.2. The van der Waals surface area contributed by atoms with Crippen molar-refractivity contribution in [3.05, 3.63) is 52.3 Å². The summed E-state index contributed by atoms with van der Waals surface area (Å²) in [6, 6.07) is 1.75. The van der Waals surface area contributed by atoms with Crippen LogP contribution in [0.1, 0.15) is 44.9 Å². The summed E-state index contributed by atoms with van der Waals surface area (Å²) in [5.74, 6) is -0.946. The smallest absolute Gasteiger partial charge is 0.333 e. The van der Waals surface area contributed by atoms with E-state index >= 15 is 0 Å². The quantitative estimate of drug-likeness (QED) is 0.379. The van der Waals surface area contributed by atoms with Crippen LogP contribution >= 0.6 is 0 Å². The lowest BCUT2D eigenvalue weighted by atomic mass is 9.63. The van der Waals surface area contributed by atoms with E-state index in [2.05, 4.69) is 0 Å². The maximum absolute atomic E-state index is 13.7. The molecule has 0 radical (unpaired) electrons. The van der Waals surface area contributed by atoms with Gasteiger partial charge in [0.15, 0.2) is 17.3 Å². The van der Waals surface area contributed by atoms with Crippen LogP contribution in [0, 0.1) is 11.8 Å². The fourth-order valence-corrected chi connectivity index (χ4v) is 5.09. The van der Waals surface area contributed by atoms with E-state index in [1.807, 2.05) is 19.9 Å². The normalized spacial score (nSPS) is 29.2. The third-order valence-corrected chi connectivity index (χ3v) is 7.37. The second kappa shape index (κ2) is 7.75. The zero-order valence-electron chi connectivity index (χ0n) is 19.7. The highest BCUT2D eigenvalue weighted by Crippen LogP contribution is 2.59. The number of rotatable bonds is 3. The van der Waals surface area contributed by atoms with Crippen LogP contribution in [0.3, 0.4) is 0 Å². The lowest BCUT2D eigenvalue weighted by Gasteiger charge is -2.38. The number of Topliss-reactive ketones (excluding diaryl/α,β-unsaturated/α-hetero) is 2. The summed E-state index contributed by atoms with van der Waals surface area (Å²) in [4.78, 5) is 39.6. The fraction of sp³-hybridized carbons (Fsp3) is 0.423. The Hall–Kier alpha value is -3.55. The van der Waals surface area contributed by atoms with Gasteiger partial charge in [0.25, 0.3) is 5.78 Å². The molecule has 1 aromatic carbocycles. The van der Waals surface area contributed by atoms with Crippen molar-refractivity contribution in [2.24, 2.45) is 11.8 Å². The first kappa shape index (κ1) is 22.3. The Balaban J connectivity index is 1.82. The van der Waals surface area contributed by atoms with Gasteiger partial charge in [0, 0.05) is 22.6 Å². The summed E-state index contributed by atoms with van der Waals surface area (Å²) in [6.07, 6.45) is 4.54. The van der Waals surface area contributed by atoms with Crippen LogP contribution in [-0.2, 0) is 29.3 Å². The van der Waals surface area contributed by atoms with Gasteiger partial charge in [0.05, 0.1) is 7.11 Å². The summed E-state index contributed by atoms with van der Waals surface area (Å²) in [5, 5.41) is 0. The number of allylic oxidation sites excluding steroid dienone is 4. The number of ketones is 2. The molecule has 4 aliphatic rings. The first-order valence-corrected chi connectivity index (χ1v) is 11.2. The van der Waals surface area contributed by atoms with Crippen LogP contribution < -0.4 is 14.2 Å². The molecular formula is C26H26O8. The number of fused-ring (bicyclic) bond motifs is 2. The second-order valence-electron chi connectivity index (χ2n) is 9.11. The topological polar surface area (TPSA) is 97.4 Å². The molecule has 1 aromatic rings. The number of hydrogen-bond acceptors (Lipinski definition) is 8. The molecule has 1 spiro atoms. The van der Waals surface area contributed by atoms with Crippen molar-refractivity contribution < 1.29 is 38.1 Å². The minimum atomic E-state index is -1.39. The molecule has 5 rings (SSSR count). The van der Waals surface area contributed by atoms with Gasteiger partial charge in [0.1, 0.15) is 18.1 Å². The Morgan fingerprint density at radius 3 is 2.65 bits per heavy atom. The van der Waals surface area contributed by atoms with Gasteiger partial charge < -0.3 is 23.7 Å². The molecular weight excluding hydrogens is 440 g/mol. The Labute approximate surface area is 197 Å². The van der Waals surface area contributed by atoms with Gasteiger partial charge in [-0.15, -0.1) is 0 Å². The summed E-state index contributed by atoms with van der Waals surface area (Å²) in [5.41, 5.74) is 0.774. The Morgan fingerprint density at radius 2 is 1.94 bits per heavy atom. The van der Waals surface area contributed by atoms with Crippen LogP contribution in [0.2, 0.25) is 0 Å². The molecule has 0 amide bonds. The summed E-state index contributed by atoms with van der Waals surface area (Å²) in [7, 11) is 1.37. The van der Waals surface area contributed by atoms with Crippen molar-refractivity contribution in [1.29, 1.82) is 0 Å². The maximum atomic E-state index is 13.7. The minimum absolute atomic E-state index is 0.00101. The van der Waals surface area contributed by atoms with Gasteiger partial charge in [-0.25, -0.2) is 4.79 Å². The Bertz CT molecular complexity index is 1220. The van der Waals surface area contributed by atoms with E-state index in [0.717, 1.165) is 0 Å². The molecule has 0 N–H and O–H groups in total. The van der Waals surface area contributed by atoms with Crippen molar-refractivity contribution in [1.82, 2.24) is 0 Å². The molecule has 0 aromatic heterocycles. The van der Waals surface area contributed by atoms with Crippen LogP contribution in [0.4, 0.5) is 0 Å². The fourth-order valence-electron chi connectivity index (χ4n) is 5.09. The SMILES string of the molecule is C/C=C(/C)C(=O)O[C@H]1c2cc3c(c4c2[C@@]2(CO4)C(=O)C(=O)C(OC)=CC2=C[C@@H](C)[C@H]1C)OCO3. The van der Waals surface area contributed by atoms with Gasteiger partial charge in [-0.2, -0.15) is 0 Å². The Kier molecular flexibility index (Phi) is 5.07. The van der Waals surface area contributed by atoms with E-state index in [-0.39, 0.29) is 31.0 Å². The van der Waals surface area contributed by atoms with E-state index < -0.39 is 29.1 Å². The molecule has 34 heavy (non-hydrogen) atoms. The van der Waals surface area contributed by atoms with Gasteiger partial charge in [-0.1, -0.05) is 26.0 Å². The van der Waals surface area contributed by atoms with Gasteiger partial charge >= 0.3 is 5.97 Å². The van der Waals surface area contributed by atoms with E-state index in [4.69, 9.17) is 23.7 Å². The molecule has 2 aliphatic carbocycles. The zero-order valence-corrected chi connectivity index (χ0v) is 19.7. The average molecular weight is 466 g/mol. The van der Waals surface area contributed by atoms with Crippen LogP contribution in [0.15, 0.2) is 41.2 Å². The highest BCUT2D eigenvalue weighted by Gasteiger charge is 2.59. The van der Waals surface area contributed by atoms with Crippen molar-refractivity contribution in [3.8, 4) is 17.2 Å². The third-order valence-electron chi connectivity index (χ3n) is 7.37. The summed E-state index contributed by atoms with van der Waals surface area (Å²) in [6.45, 7) is 7.36. The predicted octanol–water partition coefficient (Wildman–Crippen LogP) is 3.49. The zero-order chi connectivity index (χ0) is 24.4. The van der Waals surface area contributed by atoms with Gasteiger partial charge in [-0.05, 0) is 37.5 Å². The van der Waals surface area contributed by atoms with Crippen molar-refractivity contribution >= 4 is 17.5 Å². The van der Waals surface area contributed by atoms with E-state index in [9.17, 15) is 14.4 Å². The van der Waals surface area contributed by atoms with E-state index in [1.54, 1.807) is 32.1 Å². The predicted molar refractivity (Wildman–Crippen MR) is 120 cm³/mol. The molecule has 0 saturated heterocycles. The number of hydrogen-bond donors (Lipinski definition) is 0. The van der Waals surface area contributed by atoms with Crippen molar-refractivity contribution in [3.63, 3.8) is 0 Å². The molecule has 4 atom stereocenters. The first-order valence-electron chi connectivity index (χ1n) is 11.2. The monoisotopic (exact) mass is 466 g/mol. The van der Waals surface area contributed by atoms with Crippen LogP contribution in [0.25, 0.3) is 0 Å². The number of ether oxygens (including phenoxy) is 5. The van der Waals surface area contributed by atoms with Gasteiger partial charge in [0.2, 0.25) is 18.3 Å². The molecule has 2 heterocycles. The molecule has 2 aliphatic heterocycles. The lowest BCUT2D eigenvalue weighted by molar-refractivity contribution is -0.148. The molecule has 0 bridgehead atoms. The molecule has 0 saturated carbocycles. The van der Waals surface area contributed by atoms with E-state index in [0.29, 0.717) is 39.5 Å². The highest BCUT2D eigenvalue weighted by atomic mass is 16.7. The van der Waals surface area contributed by atoms with Crippen molar-refractivity contribution in [2.75, 3.05) is 20.5 Å². The van der Waals surface area contributed by atoms with Crippen molar-refractivity contribution in [2.45, 2.75) is 39.2 Å². The number of benzene rings is 1. The van der Waals surface area contributed by atoms with Crippen LogP contribution in [0.5, 0.6) is 17.2 Å². The minimum Gasteiger partial charge on any atom is -0.493 e. The maximum Gasteiger partial charge on any atom is 0.333 e. The molecule has 178 valence electrons. The standard InChI is InChI=1S/C26H26O8/c1-6-12(2)25(29)34-21-14(4)13(3)7-15-8-17(30-5)20(27)24(28)26(15)10-31-23-19(26)16(21)9-18-22(23)33-11-32-18/h6-9,13-14,21H,10-11H2,1-5H3/b12-6-,15-7?/t13-,14-,21-,26+/m1/s1. The Morgan fingerprint density at radius 1 is 1.18 bits per heavy atom. The lowest BCUT2D eigenvalue weighted by Crippen LogP contribution is -2.48. The third kappa shape index (κ3) is 2.87. The summed E-state index contributed by atoms with van der Waals surface area (Å²) < 4.78 is 28.6. The number of esters is 1. The van der Waals surface area contributed by atoms with E-state index in [1.165, 1.54) is 7.11 Å². The largest absolute Gasteiger partial charge is 0.493 e. The average Bonchev–Trinajstić information content (AvgIpc) is 3.46. The number of methoxy groups -OCH3 is 1. The number of carbonyl (C=O) groups is 3.